The van der Waals surface area contributed by atoms with Gasteiger partial charge in [-0.3, -0.25) is 0 Å². The molecule has 2 saturated carbocycles. The molecule has 1 nitrogen and oxygen atoms in total. The molecule has 3 heteroatoms. The van der Waals surface area contributed by atoms with Gasteiger partial charge in [0.25, 0.3) is 0 Å². The van der Waals surface area contributed by atoms with Crippen LogP contribution in [0.3, 0.4) is 0 Å². The summed E-state index contributed by atoms with van der Waals surface area (Å²) in [6.07, 6.45) is 4.65. The second kappa shape index (κ2) is 4.01. The molecule has 0 N–H and O–H groups in total. The molecule has 1 aromatic rings. The first-order valence-electron chi connectivity index (χ1n) is 7.22. The summed E-state index contributed by atoms with van der Waals surface area (Å²) in [5, 5.41) is 0. The molecule has 0 amide bonds. The molecule has 1 aromatic carbocycles. The predicted octanol–water partition coefficient (Wildman–Crippen LogP) is 3.96. The Balaban J connectivity index is 1.75. The second-order valence-electron chi connectivity index (χ2n) is 6.99. The quantitative estimate of drug-likeness (QED) is 0.606. The van der Waals surface area contributed by atoms with Crippen molar-refractivity contribution in [1.29, 1.82) is 0 Å². The van der Waals surface area contributed by atoms with Gasteiger partial charge in [-0.2, -0.15) is 0 Å². The van der Waals surface area contributed by atoms with Gasteiger partial charge in [0, 0.05) is 0 Å². The van der Waals surface area contributed by atoms with Crippen LogP contribution in [0.15, 0.2) is 30.3 Å². The third-order valence-electron chi connectivity index (χ3n) is 6.16. The van der Waals surface area contributed by atoms with Gasteiger partial charge in [-0.15, -0.1) is 0 Å². The van der Waals surface area contributed by atoms with E-state index in [4.69, 9.17) is 3.10 Å². The Morgan fingerprint density at radius 3 is 2.63 bits per heavy atom. The van der Waals surface area contributed by atoms with Gasteiger partial charge >= 0.3 is 127 Å². The summed E-state index contributed by atoms with van der Waals surface area (Å²) in [6.45, 7) is 5.00. The van der Waals surface area contributed by atoms with Crippen molar-refractivity contribution in [3.8, 4) is 0 Å². The molecule has 2 bridgehead atoms. The molecule has 0 radical (unpaired) electrons. The first-order chi connectivity index (χ1) is 8.98. The molecule has 19 heavy (non-hydrogen) atoms. The summed E-state index contributed by atoms with van der Waals surface area (Å²) in [5.41, 5.74) is 0.950. The summed E-state index contributed by atoms with van der Waals surface area (Å²) >= 11 is 1.62. The van der Waals surface area contributed by atoms with Crippen LogP contribution in [-0.4, -0.2) is 22.5 Å². The Kier molecular flexibility index (Phi) is 2.77. The van der Waals surface area contributed by atoms with E-state index in [0.717, 1.165) is 5.92 Å². The van der Waals surface area contributed by atoms with Crippen LogP contribution >= 0.6 is 12.8 Å². The van der Waals surface area contributed by atoms with Crippen LogP contribution in [0, 0.1) is 16.7 Å². The van der Waals surface area contributed by atoms with Crippen LogP contribution in [0.25, 0.3) is 0 Å². The fraction of sp³-hybridized carbons (Fsp3) is 0.625. The molecule has 1 aliphatic heterocycles. The average Bonchev–Trinajstić information content (AvgIpc) is 2.91. The Morgan fingerprint density at radius 2 is 2.00 bits per heavy atom. The molecule has 104 valence electrons. The molecule has 2 aliphatic carbocycles. The Labute approximate surface area is 126 Å². The second-order valence-corrected chi connectivity index (χ2v) is 20.1. The van der Waals surface area contributed by atoms with Crippen LogP contribution in [0.5, 0.6) is 0 Å². The monoisotopic (exact) mass is 438 g/mol. The third kappa shape index (κ3) is 1.57. The van der Waals surface area contributed by atoms with E-state index in [0.29, 0.717) is 16.9 Å². The molecule has 4 rings (SSSR count). The Hall–Kier alpha value is 0.450. The molecule has 0 aromatic heterocycles. The van der Waals surface area contributed by atoms with Gasteiger partial charge in [0.2, 0.25) is 0 Å². The normalized spacial score (nSPS) is 46.5. The number of halogens is 1. The van der Waals surface area contributed by atoms with E-state index < -0.39 is 16.4 Å². The Bertz CT molecular complexity index is 517. The van der Waals surface area contributed by atoms with Gasteiger partial charge in [0.05, 0.1) is 0 Å². The number of fused-ring (bicyclic) bond motifs is 1. The van der Waals surface area contributed by atoms with Gasteiger partial charge in [-0.05, 0) is 0 Å². The fourth-order valence-electron chi connectivity index (χ4n) is 4.79. The van der Waals surface area contributed by atoms with Gasteiger partial charge < -0.3 is 0 Å². The summed E-state index contributed by atoms with van der Waals surface area (Å²) in [7, 11) is 0. The van der Waals surface area contributed by atoms with Crippen LogP contribution in [0.2, 0.25) is 4.47 Å². The van der Waals surface area contributed by atoms with Gasteiger partial charge in [-0.1, -0.05) is 0 Å². The van der Waals surface area contributed by atoms with E-state index in [1.165, 1.54) is 27.3 Å². The molecule has 3 fully saturated rings. The fourth-order valence-corrected chi connectivity index (χ4v) is 18.5. The van der Waals surface area contributed by atoms with Crippen LogP contribution in [0.1, 0.15) is 33.1 Å². The van der Waals surface area contributed by atoms with Crippen molar-refractivity contribution in [2.75, 3.05) is 0 Å². The van der Waals surface area contributed by atoms with Crippen LogP contribution < -0.4 is 3.61 Å². The molecule has 1 heterocycles. The molecule has 1 saturated heterocycles. The molecular weight excluding hydrogens is 416 g/mol. The summed E-state index contributed by atoms with van der Waals surface area (Å²) in [4.78, 5) is 0. The predicted molar refractivity (Wildman–Crippen MR) is 84.0 cm³/mol. The minimum atomic E-state index is -2.51. The van der Waals surface area contributed by atoms with Crippen molar-refractivity contribution >= 4 is 32.8 Å². The van der Waals surface area contributed by atoms with Crippen LogP contribution in [-0.2, 0) is 3.10 Å². The number of hydrogen-bond acceptors (Lipinski definition) is 1. The van der Waals surface area contributed by atoms with E-state index in [2.05, 4.69) is 56.9 Å². The van der Waals surface area contributed by atoms with E-state index in [-0.39, 0.29) is 0 Å². The maximum atomic E-state index is 6.73. The zero-order chi connectivity index (χ0) is 13.3. The number of hydrogen-bond donors (Lipinski definition) is 0. The van der Waals surface area contributed by atoms with Crippen molar-refractivity contribution in [3.05, 3.63) is 30.3 Å². The van der Waals surface area contributed by atoms with E-state index in [1.54, 1.807) is 0 Å². The summed E-state index contributed by atoms with van der Waals surface area (Å²) in [5.74, 6) is 0.896. The van der Waals surface area contributed by atoms with Gasteiger partial charge in [0.15, 0.2) is 0 Å². The molecule has 4 atom stereocenters. The molecule has 3 aliphatic rings. The first-order valence-corrected chi connectivity index (χ1v) is 16.2. The standard InChI is InChI=1S/C16H21BrOTe/c1-15(2)12-8-9-16(15)11-19(17,18-14(16)10-12)13-6-4-3-5-7-13/h3-7,12,14H,8-11H2,1-2H3/t12?,14-,16?/m1/s1. The van der Waals surface area contributed by atoms with Crippen molar-refractivity contribution in [3.63, 3.8) is 0 Å². The van der Waals surface area contributed by atoms with Crippen molar-refractivity contribution in [1.82, 2.24) is 0 Å². The minimum absolute atomic E-state index is 0.470. The first kappa shape index (κ1) is 13.1. The van der Waals surface area contributed by atoms with E-state index >= 15 is 0 Å². The van der Waals surface area contributed by atoms with Gasteiger partial charge in [0.1, 0.15) is 0 Å². The Morgan fingerprint density at radius 1 is 1.26 bits per heavy atom. The molecular formula is C16H21BrOTe. The zero-order valence-corrected chi connectivity index (χ0v) is 15.5. The molecule has 1 spiro atoms. The average molecular weight is 437 g/mol. The molecule has 2 unspecified atom stereocenters. The summed E-state index contributed by atoms with van der Waals surface area (Å²) in [6, 6.07) is 11.0. The zero-order valence-electron chi connectivity index (χ0n) is 11.6. The van der Waals surface area contributed by atoms with E-state index in [9.17, 15) is 0 Å². The number of benzene rings is 1. The van der Waals surface area contributed by atoms with Crippen molar-refractivity contribution < 1.29 is 3.10 Å². The topological polar surface area (TPSA) is 9.23 Å². The third-order valence-corrected chi connectivity index (χ3v) is 18.1. The SMILES string of the molecule is CC1(C)C2CCC13C[Te@@](Br)(c1ccccc1)O[C@@H]3C2. The van der Waals surface area contributed by atoms with E-state index in [1.807, 2.05) is 0 Å². The van der Waals surface area contributed by atoms with Crippen LogP contribution in [0.4, 0.5) is 0 Å². The van der Waals surface area contributed by atoms with Crippen molar-refractivity contribution in [2.45, 2.75) is 43.7 Å². The van der Waals surface area contributed by atoms with Gasteiger partial charge in [-0.25, -0.2) is 0 Å². The summed E-state index contributed by atoms with van der Waals surface area (Å²) < 4.78 is 9.51. The number of rotatable bonds is 1. The van der Waals surface area contributed by atoms with Crippen molar-refractivity contribution in [2.24, 2.45) is 16.7 Å². The maximum absolute atomic E-state index is 6.73.